The highest BCUT2D eigenvalue weighted by atomic mass is 79.9. The molecule has 0 atom stereocenters. The highest BCUT2D eigenvalue weighted by Crippen LogP contribution is 2.21. The summed E-state index contributed by atoms with van der Waals surface area (Å²) in [7, 11) is 0. The van der Waals surface area contributed by atoms with Crippen LogP contribution in [0.3, 0.4) is 0 Å². The van der Waals surface area contributed by atoms with Crippen LogP contribution >= 0.6 is 15.9 Å². The van der Waals surface area contributed by atoms with Gasteiger partial charge in [0.2, 0.25) is 0 Å². The fourth-order valence-corrected chi connectivity index (χ4v) is 2.00. The lowest BCUT2D eigenvalue weighted by Gasteiger charge is -2.26. The van der Waals surface area contributed by atoms with Crippen LogP contribution in [0.1, 0.15) is 5.56 Å². The maximum atomic E-state index is 11.6. The third-order valence-electron chi connectivity index (χ3n) is 2.26. The van der Waals surface area contributed by atoms with E-state index in [1.165, 1.54) is 0 Å². The third kappa shape index (κ3) is 2.18. The summed E-state index contributed by atoms with van der Waals surface area (Å²) in [6.45, 7) is 3.24. The minimum absolute atomic E-state index is 0.0285. The summed E-state index contributed by atoms with van der Waals surface area (Å²) in [5, 5.41) is 0. The van der Waals surface area contributed by atoms with E-state index in [-0.39, 0.29) is 12.5 Å². The molecule has 0 aromatic carbocycles. The molecule has 1 amide bonds. The largest absolute Gasteiger partial charge is 0.370 e. The van der Waals surface area contributed by atoms with Crippen LogP contribution in [0.25, 0.3) is 0 Å². The number of halogens is 1. The van der Waals surface area contributed by atoms with Crippen LogP contribution < -0.4 is 4.90 Å². The van der Waals surface area contributed by atoms with Crippen molar-refractivity contribution in [2.75, 3.05) is 24.7 Å². The maximum Gasteiger partial charge on any atom is 0.254 e. The van der Waals surface area contributed by atoms with Crippen LogP contribution in [-0.2, 0) is 9.53 Å². The van der Waals surface area contributed by atoms with Gasteiger partial charge in [-0.3, -0.25) is 9.69 Å². The van der Waals surface area contributed by atoms with Gasteiger partial charge in [-0.2, -0.15) is 0 Å². The normalized spacial score (nSPS) is 16.9. The molecule has 0 unspecified atom stereocenters. The summed E-state index contributed by atoms with van der Waals surface area (Å²) < 4.78 is 5.99. The number of carbonyl (C=O) groups is 1. The Kier molecular flexibility index (Phi) is 3.02. The summed E-state index contributed by atoms with van der Waals surface area (Å²) in [6.07, 6.45) is 1.70. The molecule has 0 aliphatic carbocycles. The average molecular weight is 271 g/mol. The van der Waals surface area contributed by atoms with Crippen molar-refractivity contribution in [3.8, 4) is 0 Å². The highest BCUT2D eigenvalue weighted by Gasteiger charge is 2.22. The molecule has 2 rings (SSSR count). The van der Waals surface area contributed by atoms with E-state index in [1.807, 2.05) is 13.0 Å². The van der Waals surface area contributed by atoms with Crippen molar-refractivity contribution in [1.82, 2.24) is 4.98 Å². The third-order valence-corrected chi connectivity index (χ3v) is 2.69. The van der Waals surface area contributed by atoms with Gasteiger partial charge in [-0.25, -0.2) is 4.98 Å². The predicted octanol–water partition coefficient (Wildman–Crippen LogP) is 1.52. The minimum atomic E-state index is -0.0285. The van der Waals surface area contributed by atoms with Crippen molar-refractivity contribution < 1.29 is 9.53 Å². The molecule has 15 heavy (non-hydrogen) atoms. The molecule has 1 aromatic rings. The Morgan fingerprint density at radius 3 is 3.07 bits per heavy atom. The number of carbonyl (C=O) groups excluding carboxylic acids is 1. The molecule has 1 aliphatic rings. The van der Waals surface area contributed by atoms with Gasteiger partial charge in [0, 0.05) is 10.7 Å². The van der Waals surface area contributed by atoms with Crippen LogP contribution in [0.2, 0.25) is 0 Å². The van der Waals surface area contributed by atoms with E-state index in [1.54, 1.807) is 11.1 Å². The fourth-order valence-electron chi connectivity index (χ4n) is 1.56. The number of hydrogen-bond donors (Lipinski definition) is 0. The van der Waals surface area contributed by atoms with Crippen LogP contribution in [-0.4, -0.2) is 30.6 Å². The molecular weight excluding hydrogens is 260 g/mol. The Balaban J connectivity index is 2.31. The number of rotatable bonds is 1. The van der Waals surface area contributed by atoms with Crippen LogP contribution in [0, 0.1) is 6.92 Å². The lowest BCUT2D eigenvalue weighted by atomic mass is 10.2. The van der Waals surface area contributed by atoms with Gasteiger partial charge < -0.3 is 4.74 Å². The standard InChI is InChI=1S/C10H11BrN2O2/c1-7-4-8(11)5-12-10(7)13-2-3-15-6-9(13)14/h4-5H,2-3,6H2,1H3. The van der Waals surface area contributed by atoms with Crippen molar-refractivity contribution >= 4 is 27.7 Å². The molecule has 80 valence electrons. The first-order valence-corrected chi connectivity index (χ1v) is 5.48. The van der Waals surface area contributed by atoms with Gasteiger partial charge in [0.05, 0.1) is 13.2 Å². The number of pyridine rings is 1. The Morgan fingerprint density at radius 2 is 2.40 bits per heavy atom. The molecule has 1 aliphatic heterocycles. The first-order valence-electron chi connectivity index (χ1n) is 4.69. The predicted molar refractivity (Wildman–Crippen MR) is 59.8 cm³/mol. The van der Waals surface area contributed by atoms with Crippen molar-refractivity contribution in [3.63, 3.8) is 0 Å². The molecule has 0 saturated carbocycles. The molecule has 4 nitrogen and oxygen atoms in total. The summed E-state index contributed by atoms with van der Waals surface area (Å²) in [4.78, 5) is 17.5. The topological polar surface area (TPSA) is 42.4 Å². The molecule has 0 bridgehead atoms. The monoisotopic (exact) mass is 270 g/mol. The van der Waals surface area contributed by atoms with Crippen LogP contribution in [0.4, 0.5) is 5.82 Å². The lowest BCUT2D eigenvalue weighted by Crippen LogP contribution is -2.42. The van der Waals surface area contributed by atoms with Crippen molar-refractivity contribution in [2.24, 2.45) is 0 Å². The molecule has 1 aromatic heterocycles. The second kappa shape index (κ2) is 4.28. The molecular formula is C10H11BrN2O2. The number of morpholine rings is 1. The van der Waals surface area contributed by atoms with Gasteiger partial charge in [0.25, 0.3) is 5.91 Å². The van der Waals surface area contributed by atoms with E-state index in [2.05, 4.69) is 20.9 Å². The minimum Gasteiger partial charge on any atom is -0.370 e. The first-order chi connectivity index (χ1) is 7.18. The molecule has 5 heteroatoms. The summed E-state index contributed by atoms with van der Waals surface area (Å²) in [6, 6.07) is 1.95. The van der Waals surface area contributed by atoms with Gasteiger partial charge >= 0.3 is 0 Å². The molecule has 0 radical (unpaired) electrons. The van der Waals surface area contributed by atoms with E-state index in [0.29, 0.717) is 13.2 Å². The van der Waals surface area contributed by atoms with Gasteiger partial charge in [-0.1, -0.05) is 0 Å². The zero-order valence-corrected chi connectivity index (χ0v) is 9.95. The molecule has 1 saturated heterocycles. The molecule has 0 spiro atoms. The Hall–Kier alpha value is -0.940. The molecule has 0 N–H and O–H groups in total. The van der Waals surface area contributed by atoms with E-state index in [0.717, 1.165) is 15.9 Å². The number of aromatic nitrogens is 1. The number of hydrogen-bond acceptors (Lipinski definition) is 3. The zero-order valence-electron chi connectivity index (χ0n) is 8.36. The van der Waals surface area contributed by atoms with Crippen molar-refractivity contribution in [1.29, 1.82) is 0 Å². The SMILES string of the molecule is Cc1cc(Br)cnc1N1CCOCC1=O. The highest BCUT2D eigenvalue weighted by molar-refractivity contribution is 9.10. The lowest BCUT2D eigenvalue weighted by molar-refractivity contribution is -0.125. The summed E-state index contributed by atoms with van der Waals surface area (Å²) in [5.41, 5.74) is 0.986. The second-order valence-electron chi connectivity index (χ2n) is 3.39. The smallest absolute Gasteiger partial charge is 0.254 e. The van der Waals surface area contributed by atoms with E-state index in [4.69, 9.17) is 4.74 Å². The number of aryl methyl sites for hydroxylation is 1. The van der Waals surface area contributed by atoms with E-state index >= 15 is 0 Å². The molecule has 1 fully saturated rings. The second-order valence-corrected chi connectivity index (χ2v) is 4.31. The van der Waals surface area contributed by atoms with Crippen molar-refractivity contribution in [3.05, 3.63) is 22.3 Å². The summed E-state index contributed by atoms with van der Waals surface area (Å²) in [5.74, 6) is 0.700. The van der Waals surface area contributed by atoms with Gasteiger partial charge in [-0.15, -0.1) is 0 Å². The van der Waals surface area contributed by atoms with Gasteiger partial charge in [-0.05, 0) is 34.5 Å². The average Bonchev–Trinajstić information content (AvgIpc) is 2.20. The number of anilines is 1. The number of nitrogens with zero attached hydrogens (tertiary/aromatic N) is 2. The maximum absolute atomic E-state index is 11.6. The van der Waals surface area contributed by atoms with Crippen LogP contribution in [0.5, 0.6) is 0 Å². The Bertz CT molecular complexity index is 395. The first kappa shape index (κ1) is 10.6. The van der Waals surface area contributed by atoms with Crippen molar-refractivity contribution in [2.45, 2.75) is 6.92 Å². The van der Waals surface area contributed by atoms with Gasteiger partial charge in [0.1, 0.15) is 12.4 Å². The molecule has 2 heterocycles. The van der Waals surface area contributed by atoms with Crippen LogP contribution in [0.15, 0.2) is 16.7 Å². The number of ether oxygens (including phenoxy) is 1. The van der Waals surface area contributed by atoms with E-state index in [9.17, 15) is 4.79 Å². The fraction of sp³-hybridized carbons (Fsp3) is 0.400. The van der Waals surface area contributed by atoms with Gasteiger partial charge in [0.15, 0.2) is 0 Å². The Labute approximate surface area is 96.4 Å². The zero-order chi connectivity index (χ0) is 10.8. The quantitative estimate of drug-likeness (QED) is 0.777. The number of amides is 1. The summed E-state index contributed by atoms with van der Waals surface area (Å²) >= 11 is 3.34. The van der Waals surface area contributed by atoms with E-state index < -0.39 is 0 Å². The Morgan fingerprint density at radius 1 is 1.60 bits per heavy atom.